The van der Waals surface area contributed by atoms with E-state index in [0.717, 1.165) is 48.6 Å². The number of halogens is 1. The van der Waals surface area contributed by atoms with Crippen LogP contribution in [0, 0.1) is 19.7 Å². The van der Waals surface area contributed by atoms with Gasteiger partial charge in [-0.2, -0.15) is 5.10 Å². The van der Waals surface area contributed by atoms with Gasteiger partial charge < -0.3 is 10.2 Å². The quantitative estimate of drug-likeness (QED) is 0.926. The number of nitrogens with one attached hydrogen (secondary N) is 1. The first-order valence-corrected chi connectivity index (χ1v) is 8.75. The SMILES string of the molecule is CNC1CCCN(C(=O)Cc2c(C)nn(-c3ccc(F)cc3)c2C)C1. The van der Waals surface area contributed by atoms with Crippen LogP contribution < -0.4 is 5.32 Å². The molecule has 1 aliphatic heterocycles. The van der Waals surface area contributed by atoms with Gasteiger partial charge in [0.25, 0.3) is 0 Å². The van der Waals surface area contributed by atoms with Gasteiger partial charge in [0, 0.05) is 30.4 Å². The molecule has 3 rings (SSSR count). The third-order valence-corrected chi connectivity index (χ3v) is 5.02. The smallest absolute Gasteiger partial charge is 0.227 e. The zero-order valence-electron chi connectivity index (χ0n) is 15.1. The highest BCUT2D eigenvalue weighted by Crippen LogP contribution is 2.20. The van der Waals surface area contributed by atoms with Gasteiger partial charge in [0.1, 0.15) is 5.82 Å². The average Bonchev–Trinajstić information content (AvgIpc) is 2.90. The van der Waals surface area contributed by atoms with E-state index in [1.54, 1.807) is 16.8 Å². The fourth-order valence-electron chi connectivity index (χ4n) is 3.47. The fourth-order valence-corrected chi connectivity index (χ4v) is 3.47. The van der Waals surface area contributed by atoms with Crippen LogP contribution in [-0.2, 0) is 11.2 Å². The topological polar surface area (TPSA) is 50.2 Å². The summed E-state index contributed by atoms with van der Waals surface area (Å²) in [5, 5.41) is 7.82. The molecular formula is C19H25FN4O. The number of hydrogen-bond acceptors (Lipinski definition) is 3. The molecular weight excluding hydrogens is 319 g/mol. The van der Waals surface area contributed by atoms with E-state index in [0.29, 0.717) is 12.5 Å². The number of carbonyl (C=O) groups is 1. The van der Waals surface area contributed by atoms with Crippen molar-refractivity contribution in [1.29, 1.82) is 0 Å². The molecule has 0 radical (unpaired) electrons. The van der Waals surface area contributed by atoms with Gasteiger partial charge in [0.2, 0.25) is 5.91 Å². The summed E-state index contributed by atoms with van der Waals surface area (Å²) in [5.41, 5.74) is 3.53. The first-order valence-electron chi connectivity index (χ1n) is 8.75. The van der Waals surface area contributed by atoms with Crippen LogP contribution in [-0.4, -0.2) is 46.8 Å². The number of aryl methyl sites for hydroxylation is 1. The Labute approximate surface area is 147 Å². The lowest BCUT2D eigenvalue weighted by molar-refractivity contribution is -0.131. The van der Waals surface area contributed by atoms with Crippen molar-refractivity contribution in [2.75, 3.05) is 20.1 Å². The first-order chi connectivity index (χ1) is 12.0. The standard InChI is InChI=1S/C19H25FN4O/c1-13-18(11-19(25)23-10-4-5-16(12-23)21-3)14(2)24(22-13)17-8-6-15(20)7-9-17/h6-9,16,21H,4-5,10-12H2,1-3H3. The minimum Gasteiger partial charge on any atom is -0.341 e. The summed E-state index contributed by atoms with van der Waals surface area (Å²) < 4.78 is 14.9. The summed E-state index contributed by atoms with van der Waals surface area (Å²) in [5.74, 6) is -0.130. The van der Waals surface area contributed by atoms with E-state index < -0.39 is 0 Å². The molecule has 0 aliphatic carbocycles. The molecule has 0 bridgehead atoms. The highest BCUT2D eigenvalue weighted by molar-refractivity contribution is 5.79. The van der Waals surface area contributed by atoms with E-state index in [2.05, 4.69) is 10.4 Å². The molecule has 0 spiro atoms. The normalized spacial score (nSPS) is 17.8. The van der Waals surface area contributed by atoms with E-state index in [-0.39, 0.29) is 11.7 Å². The van der Waals surface area contributed by atoms with E-state index in [1.807, 2.05) is 25.8 Å². The summed E-state index contributed by atoms with van der Waals surface area (Å²) >= 11 is 0. The Hall–Kier alpha value is -2.21. The van der Waals surface area contributed by atoms with Crippen molar-refractivity contribution in [1.82, 2.24) is 20.0 Å². The van der Waals surface area contributed by atoms with Gasteiger partial charge in [-0.3, -0.25) is 4.79 Å². The van der Waals surface area contributed by atoms with Crippen molar-refractivity contribution in [2.45, 2.75) is 39.2 Å². The second-order valence-electron chi connectivity index (χ2n) is 6.68. The number of aromatic nitrogens is 2. The van der Waals surface area contributed by atoms with Gasteiger partial charge in [-0.1, -0.05) is 0 Å². The number of nitrogens with zero attached hydrogens (tertiary/aromatic N) is 3. The van der Waals surface area contributed by atoms with Crippen molar-refractivity contribution in [2.24, 2.45) is 0 Å². The summed E-state index contributed by atoms with van der Waals surface area (Å²) in [6, 6.07) is 6.61. The largest absolute Gasteiger partial charge is 0.341 e. The Kier molecular flexibility index (Phi) is 5.18. The van der Waals surface area contributed by atoms with Crippen LogP contribution in [0.4, 0.5) is 4.39 Å². The maximum absolute atomic E-state index is 13.1. The molecule has 0 saturated carbocycles. The lowest BCUT2D eigenvalue weighted by atomic mass is 10.0. The number of likely N-dealkylation sites (N-methyl/N-ethyl adjacent to an activating group) is 1. The van der Waals surface area contributed by atoms with Crippen LogP contribution in [0.25, 0.3) is 5.69 Å². The van der Waals surface area contributed by atoms with E-state index >= 15 is 0 Å². The predicted octanol–water partition coefficient (Wildman–Crippen LogP) is 2.38. The van der Waals surface area contributed by atoms with Gasteiger partial charge in [0.15, 0.2) is 0 Å². The highest BCUT2D eigenvalue weighted by Gasteiger charge is 2.24. The van der Waals surface area contributed by atoms with Gasteiger partial charge in [0.05, 0.1) is 17.8 Å². The summed E-state index contributed by atoms with van der Waals surface area (Å²) in [4.78, 5) is 14.7. The Morgan fingerprint density at radius 2 is 2.04 bits per heavy atom. The Balaban J connectivity index is 1.79. The molecule has 2 heterocycles. The maximum atomic E-state index is 13.1. The number of likely N-dealkylation sites (tertiary alicyclic amines) is 1. The van der Waals surface area contributed by atoms with Gasteiger partial charge in [-0.05, 0) is 58.0 Å². The summed E-state index contributed by atoms with van der Waals surface area (Å²) in [6.45, 7) is 5.46. The molecule has 5 nitrogen and oxygen atoms in total. The van der Waals surface area contributed by atoms with Crippen molar-refractivity contribution in [3.63, 3.8) is 0 Å². The number of amides is 1. The minimum absolute atomic E-state index is 0.143. The Bertz CT molecular complexity index is 754. The number of carbonyl (C=O) groups excluding carboxylic acids is 1. The second kappa shape index (κ2) is 7.35. The molecule has 1 saturated heterocycles. The minimum atomic E-state index is -0.273. The summed E-state index contributed by atoms with van der Waals surface area (Å²) in [6.07, 6.45) is 2.50. The van der Waals surface area contributed by atoms with Crippen molar-refractivity contribution >= 4 is 5.91 Å². The van der Waals surface area contributed by atoms with Crippen LogP contribution in [0.2, 0.25) is 0 Å². The number of hydrogen-bond donors (Lipinski definition) is 1. The molecule has 2 aromatic rings. The third kappa shape index (κ3) is 3.74. The Morgan fingerprint density at radius 3 is 2.72 bits per heavy atom. The lowest BCUT2D eigenvalue weighted by Crippen LogP contribution is -2.47. The summed E-state index contributed by atoms with van der Waals surface area (Å²) in [7, 11) is 1.94. The van der Waals surface area contributed by atoms with Crippen LogP contribution >= 0.6 is 0 Å². The van der Waals surface area contributed by atoms with Gasteiger partial charge >= 0.3 is 0 Å². The maximum Gasteiger partial charge on any atom is 0.227 e. The van der Waals surface area contributed by atoms with E-state index in [1.165, 1.54) is 12.1 Å². The molecule has 1 atom stereocenters. The van der Waals surface area contributed by atoms with Gasteiger partial charge in [-0.15, -0.1) is 0 Å². The molecule has 1 aromatic heterocycles. The van der Waals surface area contributed by atoms with Crippen molar-refractivity contribution in [3.05, 3.63) is 47.0 Å². The van der Waals surface area contributed by atoms with E-state index in [4.69, 9.17) is 0 Å². The van der Waals surface area contributed by atoms with Crippen molar-refractivity contribution in [3.8, 4) is 5.69 Å². The van der Waals surface area contributed by atoms with E-state index in [9.17, 15) is 9.18 Å². The molecule has 134 valence electrons. The second-order valence-corrected chi connectivity index (χ2v) is 6.68. The molecule has 1 aliphatic rings. The van der Waals surface area contributed by atoms with Crippen molar-refractivity contribution < 1.29 is 9.18 Å². The molecule has 25 heavy (non-hydrogen) atoms. The average molecular weight is 344 g/mol. The predicted molar refractivity (Wildman–Crippen MR) is 95.4 cm³/mol. The zero-order chi connectivity index (χ0) is 18.0. The van der Waals surface area contributed by atoms with Gasteiger partial charge in [-0.25, -0.2) is 9.07 Å². The molecule has 1 unspecified atom stereocenters. The van der Waals surface area contributed by atoms with Crippen LogP contribution in [0.15, 0.2) is 24.3 Å². The van der Waals surface area contributed by atoms with Crippen LogP contribution in [0.3, 0.4) is 0 Å². The monoisotopic (exact) mass is 344 g/mol. The zero-order valence-corrected chi connectivity index (χ0v) is 15.1. The molecule has 1 aromatic carbocycles. The molecule has 1 amide bonds. The first kappa shape index (κ1) is 17.6. The molecule has 1 N–H and O–H groups in total. The lowest BCUT2D eigenvalue weighted by Gasteiger charge is -2.32. The van der Waals surface area contributed by atoms with Crippen LogP contribution in [0.5, 0.6) is 0 Å². The fraction of sp³-hybridized carbons (Fsp3) is 0.474. The number of rotatable bonds is 4. The number of benzene rings is 1. The van der Waals surface area contributed by atoms with Crippen LogP contribution in [0.1, 0.15) is 29.8 Å². The third-order valence-electron chi connectivity index (χ3n) is 5.02. The molecule has 1 fully saturated rings. The molecule has 6 heteroatoms. The Morgan fingerprint density at radius 1 is 1.32 bits per heavy atom. The number of piperidine rings is 1. The highest BCUT2D eigenvalue weighted by atomic mass is 19.1.